The van der Waals surface area contributed by atoms with E-state index in [0.29, 0.717) is 0 Å². The zero-order valence-electron chi connectivity index (χ0n) is 10.5. The molecule has 0 radical (unpaired) electrons. The minimum absolute atomic E-state index is 0.736. The molecule has 0 spiro atoms. The maximum absolute atomic E-state index is 5.36. The van der Waals surface area contributed by atoms with E-state index in [1.54, 1.807) is 0 Å². The molecule has 16 heavy (non-hydrogen) atoms. The van der Waals surface area contributed by atoms with Crippen molar-refractivity contribution in [3.63, 3.8) is 0 Å². The molecule has 0 amide bonds. The summed E-state index contributed by atoms with van der Waals surface area (Å²) in [6.45, 7) is 3.14. The van der Waals surface area contributed by atoms with Gasteiger partial charge in [0.25, 0.3) is 0 Å². The third-order valence-electron chi connectivity index (χ3n) is 4.17. The molecule has 2 rings (SSSR count). The lowest BCUT2D eigenvalue weighted by Gasteiger charge is -2.24. The molecule has 2 heteroatoms. The smallest absolute Gasteiger partial charge is 0.0480 e. The van der Waals surface area contributed by atoms with E-state index in [1.807, 2.05) is 0 Å². The van der Waals surface area contributed by atoms with Gasteiger partial charge >= 0.3 is 0 Å². The van der Waals surface area contributed by atoms with Gasteiger partial charge in [0.1, 0.15) is 0 Å². The fourth-order valence-corrected chi connectivity index (χ4v) is 3.07. The van der Waals surface area contributed by atoms with Gasteiger partial charge in [0.05, 0.1) is 0 Å². The summed E-state index contributed by atoms with van der Waals surface area (Å²) in [5, 5.41) is 3.68. The summed E-state index contributed by atoms with van der Waals surface area (Å²) in [7, 11) is 0. The van der Waals surface area contributed by atoms with Gasteiger partial charge in [-0.25, -0.2) is 0 Å². The van der Waals surface area contributed by atoms with E-state index in [-0.39, 0.29) is 0 Å². The fraction of sp³-hybridized carbons (Fsp3) is 1.00. The Balaban J connectivity index is 1.47. The zero-order valence-corrected chi connectivity index (χ0v) is 10.5. The molecule has 0 unspecified atom stereocenters. The SMILES string of the molecule is C1CCC(CCCNC2CCOCC2)CC1. The predicted molar refractivity (Wildman–Crippen MR) is 67.7 cm³/mol. The topological polar surface area (TPSA) is 21.3 Å². The molecule has 1 saturated heterocycles. The lowest BCUT2D eigenvalue weighted by atomic mass is 9.86. The summed E-state index contributed by atoms with van der Waals surface area (Å²) in [5.74, 6) is 1.05. The quantitative estimate of drug-likeness (QED) is 0.726. The van der Waals surface area contributed by atoms with Crippen molar-refractivity contribution in [2.45, 2.75) is 63.8 Å². The largest absolute Gasteiger partial charge is 0.381 e. The molecule has 2 nitrogen and oxygen atoms in total. The first kappa shape index (κ1) is 12.4. The van der Waals surface area contributed by atoms with Gasteiger partial charge in [-0.2, -0.15) is 0 Å². The Kier molecular flexibility index (Phi) is 5.64. The molecule has 1 aliphatic carbocycles. The Morgan fingerprint density at radius 3 is 2.44 bits per heavy atom. The molecule has 0 aromatic heterocycles. The van der Waals surface area contributed by atoms with E-state index in [0.717, 1.165) is 25.2 Å². The molecule has 2 fully saturated rings. The Morgan fingerprint density at radius 1 is 0.938 bits per heavy atom. The summed E-state index contributed by atoms with van der Waals surface area (Å²) >= 11 is 0. The average Bonchev–Trinajstić information content (AvgIpc) is 2.37. The molecule has 2 aliphatic rings. The van der Waals surface area contributed by atoms with Crippen LogP contribution >= 0.6 is 0 Å². The van der Waals surface area contributed by atoms with Crippen molar-refractivity contribution in [3.8, 4) is 0 Å². The van der Waals surface area contributed by atoms with Crippen LogP contribution in [0.3, 0.4) is 0 Å². The summed E-state index contributed by atoms with van der Waals surface area (Å²) < 4.78 is 5.36. The minimum atomic E-state index is 0.736. The molecule has 1 N–H and O–H groups in total. The number of hydrogen-bond acceptors (Lipinski definition) is 2. The number of nitrogens with one attached hydrogen (secondary N) is 1. The van der Waals surface area contributed by atoms with E-state index in [4.69, 9.17) is 4.74 Å². The third kappa shape index (κ3) is 4.42. The number of hydrogen-bond donors (Lipinski definition) is 1. The standard InChI is InChI=1S/C14H27NO/c1-2-5-13(6-3-1)7-4-10-15-14-8-11-16-12-9-14/h13-15H,1-12H2. The summed E-state index contributed by atoms with van der Waals surface area (Å²) in [5.41, 5.74) is 0. The van der Waals surface area contributed by atoms with Gasteiger partial charge in [0.15, 0.2) is 0 Å². The first-order valence-electron chi connectivity index (χ1n) is 7.26. The van der Waals surface area contributed by atoms with Crippen molar-refractivity contribution in [1.82, 2.24) is 5.32 Å². The Bertz CT molecular complexity index is 152. The lowest BCUT2D eigenvalue weighted by molar-refractivity contribution is 0.0778. The molecule has 1 saturated carbocycles. The van der Waals surface area contributed by atoms with Crippen LogP contribution < -0.4 is 5.32 Å². The second-order valence-electron chi connectivity index (χ2n) is 5.49. The van der Waals surface area contributed by atoms with Gasteiger partial charge in [-0.3, -0.25) is 0 Å². The first-order chi connectivity index (χ1) is 7.95. The summed E-state index contributed by atoms with van der Waals surface area (Å²) in [4.78, 5) is 0. The van der Waals surface area contributed by atoms with E-state index in [2.05, 4.69) is 5.32 Å². The maximum atomic E-state index is 5.36. The van der Waals surface area contributed by atoms with Crippen LogP contribution in [0.25, 0.3) is 0 Å². The van der Waals surface area contributed by atoms with Crippen molar-refractivity contribution < 1.29 is 4.74 Å². The van der Waals surface area contributed by atoms with Crippen molar-refractivity contribution in [1.29, 1.82) is 0 Å². The maximum Gasteiger partial charge on any atom is 0.0480 e. The highest BCUT2D eigenvalue weighted by atomic mass is 16.5. The summed E-state index contributed by atoms with van der Waals surface area (Å²) in [6.07, 6.45) is 12.7. The van der Waals surface area contributed by atoms with Gasteiger partial charge in [0.2, 0.25) is 0 Å². The van der Waals surface area contributed by atoms with Crippen LogP contribution in [0.15, 0.2) is 0 Å². The second-order valence-corrected chi connectivity index (χ2v) is 5.49. The van der Waals surface area contributed by atoms with E-state index in [9.17, 15) is 0 Å². The fourth-order valence-electron chi connectivity index (χ4n) is 3.07. The highest BCUT2D eigenvalue weighted by Crippen LogP contribution is 2.26. The van der Waals surface area contributed by atoms with Crippen LogP contribution in [0.5, 0.6) is 0 Å². The number of ether oxygens (including phenoxy) is 1. The van der Waals surface area contributed by atoms with Crippen LogP contribution in [-0.4, -0.2) is 25.8 Å². The molecule has 94 valence electrons. The molecule has 0 aromatic rings. The third-order valence-corrected chi connectivity index (χ3v) is 4.17. The predicted octanol–water partition coefficient (Wildman–Crippen LogP) is 3.12. The second kappa shape index (κ2) is 7.29. The van der Waals surface area contributed by atoms with Gasteiger partial charge in [-0.1, -0.05) is 32.1 Å². The average molecular weight is 225 g/mol. The minimum Gasteiger partial charge on any atom is -0.381 e. The molecule has 1 aliphatic heterocycles. The highest BCUT2D eigenvalue weighted by Gasteiger charge is 2.14. The van der Waals surface area contributed by atoms with Crippen LogP contribution in [-0.2, 0) is 4.74 Å². The Hall–Kier alpha value is -0.0800. The van der Waals surface area contributed by atoms with Crippen molar-refractivity contribution in [2.24, 2.45) is 5.92 Å². The number of rotatable bonds is 5. The Labute approximate surface area is 100 Å². The zero-order chi connectivity index (χ0) is 11.1. The van der Waals surface area contributed by atoms with Crippen LogP contribution in [0.2, 0.25) is 0 Å². The molecule has 0 aromatic carbocycles. The van der Waals surface area contributed by atoms with Crippen molar-refractivity contribution >= 4 is 0 Å². The van der Waals surface area contributed by atoms with Gasteiger partial charge in [-0.15, -0.1) is 0 Å². The van der Waals surface area contributed by atoms with Crippen LogP contribution in [0.4, 0.5) is 0 Å². The summed E-state index contributed by atoms with van der Waals surface area (Å²) in [6, 6.07) is 0.736. The van der Waals surface area contributed by atoms with Gasteiger partial charge in [-0.05, 0) is 38.1 Å². The van der Waals surface area contributed by atoms with Crippen molar-refractivity contribution in [2.75, 3.05) is 19.8 Å². The molecule has 0 bridgehead atoms. The van der Waals surface area contributed by atoms with E-state index < -0.39 is 0 Å². The van der Waals surface area contributed by atoms with E-state index >= 15 is 0 Å². The van der Waals surface area contributed by atoms with Crippen LogP contribution in [0, 0.1) is 5.92 Å². The Morgan fingerprint density at radius 2 is 1.69 bits per heavy atom. The lowest BCUT2D eigenvalue weighted by Crippen LogP contribution is -2.35. The van der Waals surface area contributed by atoms with Gasteiger partial charge in [0, 0.05) is 19.3 Å². The normalized spacial score (nSPS) is 24.8. The van der Waals surface area contributed by atoms with Crippen molar-refractivity contribution in [3.05, 3.63) is 0 Å². The van der Waals surface area contributed by atoms with E-state index in [1.165, 1.54) is 64.3 Å². The monoisotopic (exact) mass is 225 g/mol. The molecule has 0 atom stereocenters. The molecular formula is C14H27NO. The highest BCUT2D eigenvalue weighted by molar-refractivity contribution is 4.71. The molecular weight excluding hydrogens is 198 g/mol. The first-order valence-corrected chi connectivity index (χ1v) is 7.26. The molecule has 1 heterocycles. The van der Waals surface area contributed by atoms with Gasteiger partial charge < -0.3 is 10.1 Å². The van der Waals surface area contributed by atoms with Crippen LogP contribution in [0.1, 0.15) is 57.8 Å².